The van der Waals surface area contributed by atoms with Crippen molar-refractivity contribution in [3.05, 3.63) is 131 Å². The number of carbonyl (C=O) groups excluding carboxylic acids is 2. The molecule has 1 aromatic heterocycles. The van der Waals surface area contributed by atoms with Crippen molar-refractivity contribution in [1.29, 1.82) is 0 Å². The van der Waals surface area contributed by atoms with E-state index in [0.29, 0.717) is 39.4 Å². The number of nitrogens with one attached hydrogen (secondary N) is 2. The zero-order chi connectivity index (χ0) is 32.8. The van der Waals surface area contributed by atoms with E-state index in [-0.39, 0.29) is 40.9 Å². The van der Waals surface area contributed by atoms with Crippen molar-refractivity contribution in [3.8, 4) is 11.4 Å². The number of tetrazole rings is 1. The zero-order valence-corrected chi connectivity index (χ0v) is 26.5. The number of aromatic nitrogens is 4. The number of thioether (sulfide) groups is 1. The molecule has 1 aliphatic heterocycles. The molecule has 0 unspecified atom stereocenters. The van der Waals surface area contributed by atoms with E-state index >= 15 is 0 Å². The Morgan fingerprint density at radius 2 is 1.71 bits per heavy atom. The van der Waals surface area contributed by atoms with Crippen molar-refractivity contribution in [2.24, 2.45) is 4.99 Å². The van der Waals surface area contributed by atoms with Crippen LogP contribution in [0.5, 0.6) is 5.75 Å². The Morgan fingerprint density at radius 1 is 0.958 bits per heavy atom. The van der Waals surface area contributed by atoms with Crippen molar-refractivity contribution in [1.82, 2.24) is 24.9 Å². The molecule has 238 valence electrons. The van der Waals surface area contributed by atoms with Gasteiger partial charge in [-0.05, 0) is 88.3 Å². The van der Waals surface area contributed by atoms with Gasteiger partial charge in [0.05, 0.1) is 16.2 Å². The first-order chi connectivity index (χ1) is 22.7. The number of anilines is 1. The molecule has 0 radical (unpaired) electrons. The number of aliphatic imine (C=N–C) groups is 1. The molecule has 12 nitrogen and oxygen atoms in total. The van der Waals surface area contributed by atoms with E-state index in [4.69, 9.17) is 4.74 Å². The van der Waals surface area contributed by atoms with Crippen LogP contribution in [-0.2, 0) is 32.6 Å². The Bertz CT molecular complexity index is 2090. The van der Waals surface area contributed by atoms with Crippen LogP contribution in [0.4, 0.5) is 5.69 Å². The normalized spacial score (nSPS) is 13.5. The molecule has 5 aromatic rings. The third-order valence-electron chi connectivity index (χ3n) is 6.88. The summed E-state index contributed by atoms with van der Waals surface area (Å²) in [4.78, 5) is 29.8. The molecule has 0 spiro atoms. The maximum atomic E-state index is 12.8. The zero-order valence-electron chi connectivity index (χ0n) is 24.9. The van der Waals surface area contributed by atoms with Crippen LogP contribution in [0.15, 0.2) is 118 Å². The second kappa shape index (κ2) is 15.5. The summed E-state index contributed by atoms with van der Waals surface area (Å²) in [7, 11) is -3.97. The van der Waals surface area contributed by atoms with E-state index in [1.54, 1.807) is 42.5 Å². The van der Waals surface area contributed by atoms with E-state index < -0.39 is 21.8 Å². The molecule has 0 bridgehead atoms. The standard InChI is InChI=1S/C33H27N7O5S2.Na.H/c1-22-7-14-27(15-8-22)47(43,44)37-31(41)19-23-9-12-26(13-10-23)35-33-36-32(42)30(46-33)18-25-11-16-28(40-21-34-38-39-40)29(17-25)45-20-24-5-3-2-4-6-24;;/h2-18,21H,19-20H2,1H3,(H,37,41)(H,35,36,42);;. The number of ether oxygens (including phenoxy) is 1. The number of sulfonamides is 1. The molecule has 0 fully saturated rings. The summed E-state index contributed by atoms with van der Waals surface area (Å²) < 4.78 is 34.8. The summed E-state index contributed by atoms with van der Waals surface area (Å²) >= 11 is 1.19. The quantitative estimate of drug-likeness (QED) is 0.162. The Labute approximate surface area is 303 Å². The summed E-state index contributed by atoms with van der Waals surface area (Å²) in [6.07, 6.45) is 3.08. The minimum atomic E-state index is -3.97. The molecule has 0 saturated carbocycles. The van der Waals surface area contributed by atoms with Gasteiger partial charge in [0.2, 0.25) is 5.91 Å². The Kier molecular flexibility index (Phi) is 11.2. The summed E-state index contributed by atoms with van der Waals surface area (Å²) in [5.74, 6) is -0.509. The number of hydrogen-bond donors (Lipinski definition) is 2. The number of benzene rings is 4. The van der Waals surface area contributed by atoms with Crippen LogP contribution in [0.25, 0.3) is 11.8 Å². The third-order valence-corrected chi connectivity index (χ3v) is 9.17. The molecule has 2 heterocycles. The van der Waals surface area contributed by atoms with Gasteiger partial charge >= 0.3 is 29.6 Å². The van der Waals surface area contributed by atoms with E-state index in [1.165, 1.54) is 34.9 Å². The monoisotopic (exact) mass is 689 g/mol. The van der Waals surface area contributed by atoms with Crippen LogP contribution in [-0.4, -0.2) is 75.2 Å². The predicted molar refractivity (Wildman–Crippen MR) is 185 cm³/mol. The molecular weight excluding hydrogens is 662 g/mol. The molecule has 4 aromatic carbocycles. The van der Waals surface area contributed by atoms with Crippen LogP contribution in [0.2, 0.25) is 0 Å². The minimum absolute atomic E-state index is 0. The van der Waals surface area contributed by atoms with Crippen LogP contribution in [0.3, 0.4) is 0 Å². The number of rotatable bonds is 10. The van der Waals surface area contributed by atoms with Gasteiger partial charge in [0, 0.05) is 5.69 Å². The molecule has 1 aliphatic rings. The first kappa shape index (κ1) is 34.7. The first-order valence-electron chi connectivity index (χ1n) is 14.3. The van der Waals surface area contributed by atoms with Gasteiger partial charge in [-0.2, -0.15) is 9.67 Å². The predicted octanol–water partition coefficient (Wildman–Crippen LogP) is 4.03. The molecule has 2 N–H and O–H groups in total. The van der Waals surface area contributed by atoms with Gasteiger partial charge in [0.15, 0.2) is 5.17 Å². The Hall–Kier alpha value is -4.60. The molecule has 2 amide bonds. The average Bonchev–Trinajstić information content (AvgIpc) is 3.71. The fraction of sp³-hybridized carbons (Fsp3) is 0.0909. The van der Waals surface area contributed by atoms with Crippen LogP contribution < -0.4 is 14.8 Å². The molecule has 15 heteroatoms. The third kappa shape index (κ3) is 8.85. The van der Waals surface area contributed by atoms with Crippen LogP contribution >= 0.6 is 11.8 Å². The van der Waals surface area contributed by atoms with Crippen molar-refractivity contribution < 1.29 is 22.7 Å². The number of carbonyl (C=O) groups is 2. The molecule has 0 atom stereocenters. The second-order valence-corrected chi connectivity index (χ2v) is 13.1. The maximum absolute atomic E-state index is 12.8. The van der Waals surface area contributed by atoms with Crippen LogP contribution in [0.1, 0.15) is 22.3 Å². The number of aryl methyl sites for hydroxylation is 1. The molecular formula is C33H28N7NaO5S2. The summed E-state index contributed by atoms with van der Waals surface area (Å²) in [6.45, 7) is 2.18. The van der Waals surface area contributed by atoms with Crippen molar-refractivity contribution in [2.45, 2.75) is 24.8 Å². The van der Waals surface area contributed by atoms with Gasteiger partial charge in [0.1, 0.15) is 24.4 Å². The van der Waals surface area contributed by atoms with E-state index in [1.807, 2.05) is 55.5 Å². The van der Waals surface area contributed by atoms with Gasteiger partial charge < -0.3 is 10.1 Å². The van der Waals surface area contributed by atoms with E-state index in [0.717, 1.165) is 16.7 Å². The number of amidine groups is 1. The molecule has 0 aliphatic carbocycles. The summed E-state index contributed by atoms with van der Waals surface area (Å²) in [5, 5.41) is 14.9. The van der Waals surface area contributed by atoms with Crippen molar-refractivity contribution in [3.63, 3.8) is 0 Å². The van der Waals surface area contributed by atoms with E-state index in [2.05, 4.69) is 30.6 Å². The van der Waals surface area contributed by atoms with Crippen LogP contribution in [0, 0.1) is 6.92 Å². The molecule has 0 saturated heterocycles. The molecule has 6 rings (SSSR count). The van der Waals surface area contributed by atoms with Gasteiger partial charge in [-0.25, -0.2) is 13.1 Å². The van der Waals surface area contributed by atoms with Gasteiger partial charge in [-0.3, -0.25) is 9.59 Å². The summed E-state index contributed by atoms with van der Waals surface area (Å²) in [6, 6.07) is 28.3. The number of nitrogens with zero attached hydrogens (tertiary/aromatic N) is 5. The van der Waals surface area contributed by atoms with Crippen molar-refractivity contribution in [2.75, 3.05) is 5.32 Å². The molecule has 48 heavy (non-hydrogen) atoms. The fourth-order valence-corrected chi connectivity index (χ4v) is 6.34. The number of hydrogen-bond acceptors (Lipinski definition) is 10. The van der Waals surface area contributed by atoms with E-state index in [9.17, 15) is 18.0 Å². The fourth-order valence-electron chi connectivity index (χ4n) is 4.52. The van der Waals surface area contributed by atoms with Gasteiger partial charge in [0.25, 0.3) is 15.9 Å². The first-order valence-corrected chi connectivity index (χ1v) is 16.6. The number of amides is 2. The van der Waals surface area contributed by atoms with Crippen molar-refractivity contribution >= 4 is 80.1 Å². The Morgan fingerprint density at radius 3 is 2.42 bits per heavy atom. The SMILES string of the molecule is Cc1ccc(S(=O)(=O)NC(=O)Cc2ccc(NC3=NC(=O)C(=Cc4ccc(-n5cnnn5)c(OCc5ccccc5)c4)S3)cc2)cc1.[NaH]. The average molecular weight is 690 g/mol. The Balaban J connectivity index is 0.00000451. The topological polar surface area (TPSA) is 158 Å². The second-order valence-electron chi connectivity index (χ2n) is 10.4. The summed E-state index contributed by atoms with van der Waals surface area (Å²) in [5.41, 5.74) is 4.53. The van der Waals surface area contributed by atoms with Gasteiger partial charge in [-0.15, -0.1) is 5.10 Å². The van der Waals surface area contributed by atoms with Gasteiger partial charge in [-0.1, -0.05) is 66.2 Å².